The number of carbonyl (C=O) groups is 3. The van der Waals surface area contributed by atoms with E-state index in [0.29, 0.717) is 29.4 Å². The minimum absolute atomic E-state index is 0.186. The molecule has 0 saturated carbocycles. The number of hydrazone groups is 1. The molecular formula is C35H32I2N4O7. The standard InChI is InChI=1S/C35H32I2N4O7/c1-4-46-34(43)31-20(2)39-35(44)40-32(31)25-11-12-28(29(16-25)45-3)47-19-30(42)41-38-17-22-14-26(36)33(27(37)15-22)48-18-21-9-10-23-7-5-6-8-24(23)13-21/h5-17,32H,4,18-19H2,1-3H3,(H,41,42)(H2,39,40,44)/b38-17-/t32-/m1/s1. The molecule has 1 atom stereocenters. The van der Waals surface area contributed by atoms with E-state index in [9.17, 15) is 14.4 Å². The van der Waals surface area contributed by atoms with Crippen molar-refractivity contribution < 1.29 is 33.3 Å². The van der Waals surface area contributed by atoms with Crippen LogP contribution >= 0.6 is 45.2 Å². The van der Waals surface area contributed by atoms with Crippen molar-refractivity contribution in [2.24, 2.45) is 5.10 Å². The monoisotopic (exact) mass is 874 g/mol. The van der Waals surface area contributed by atoms with Crippen LogP contribution in [0.25, 0.3) is 10.8 Å². The number of ether oxygens (including phenoxy) is 4. The Balaban J connectivity index is 1.17. The molecule has 0 aliphatic carbocycles. The van der Waals surface area contributed by atoms with E-state index in [4.69, 9.17) is 18.9 Å². The molecule has 1 aliphatic heterocycles. The Morgan fingerprint density at radius 2 is 1.71 bits per heavy atom. The van der Waals surface area contributed by atoms with Crippen LogP contribution in [-0.4, -0.2) is 44.4 Å². The molecule has 0 saturated heterocycles. The lowest BCUT2D eigenvalue weighted by molar-refractivity contribution is -0.139. The topological polar surface area (TPSA) is 137 Å². The number of hydrogen-bond acceptors (Lipinski definition) is 8. The molecule has 3 amide bonds. The van der Waals surface area contributed by atoms with Crippen LogP contribution in [0.5, 0.6) is 17.2 Å². The average molecular weight is 874 g/mol. The lowest BCUT2D eigenvalue weighted by Gasteiger charge is -2.28. The summed E-state index contributed by atoms with van der Waals surface area (Å²) < 4.78 is 24.4. The number of hydrogen-bond donors (Lipinski definition) is 3. The second-order valence-electron chi connectivity index (χ2n) is 10.6. The van der Waals surface area contributed by atoms with Crippen molar-refractivity contribution in [3.8, 4) is 17.2 Å². The Hall–Kier alpha value is -4.38. The van der Waals surface area contributed by atoms with E-state index >= 15 is 0 Å². The number of rotatable bonds is 12. The first-order valence-electron chi connectivity index (χ1n) is 14.8. The first kappa shape index (κ1) is 34.9. The molecular weight excluding hydrogens is 842 g/mol. The van der Waals surface area contributed by atoms with Gasteiger partial charge in [0.25, 0.3) is 5.91 Å². The van der Waals surface area contributed by atoms with E-state index in [1.165, 1.54) is 17.9 Å². The van der Waals surface area contributed by atoms with Crippen molar-refractivity contribution in [2.75, 3.05) is 20.3 Å². The fourth-order valence-electron chi connectivity index (χ4n) is 5.04. The van der Waals surface area contributed by atoms with Gasteiger partial charge >= 0.3 is 12.0 Å². The largest absolute Gasteiger partial charge is 0.493 e. The molecule has 1 aliphatic rings. The maximum Gasteiger partial charge on any atom is 0.338 e. The van der Waals surface area contributed by atoms with E-state index < -0.39 is 23.9 Å². The van der Waals surface area contributed by atoms with Gasteiger partial charge in [-0.2, -0.15) is 5.10 Å². The summed E-state index contributed by atoms with van der Waals surface area (Å²) in [5.74, 6) is 0.359. The lowest BCUT2D eigenvalue weighted by atomic mass is 9.95. The number of methoxy groups -OCH3 is 1. The zero-order valence-electron chi connectivity index (χ0n) is 26.3. The Morgan fingerprint density at radius 3 is 2.44 bits per heavy atom. The van der Waals surface area contributed by atoms with E-state index in [2.05, 4.69) is 96.7 Å². The zero-order chi connectivity index (χ0) is 34.2. The van der Waals surface area contributed by atoms with Crippen molar-refractivity contribution in [1.29, 1.82) is 0 Å². The van der Waals surface area contributed by atoms with Crippen molar-refractivity contribution in [2.45, 2.75) is 26.5 Å². The summed E-state index contributed by atoms with van der Waals surface area (Å²) >= 11 is 4.45. The van der Waals surface area contributed by atoms with Crippen molar-refractivity contribution >= 4 is 80.1 Å². The van der Waals surface area contributed by atoms with Gasteiger partial charge in [-0.3, -0.25) is 4.79 Å². The van der Waals surface area contributed by atoms with E-state index in [-0.39, 0.29) is 18.8 Å². The van der Waals surface area contributed by atoms with Crippen molar-refractivity contribution in [3.05, 3.63) is 108 Å². The number of urea groups is 1. The van der Waals surface area contributed by atoms with Gasteiger partial charge in [-0.15, -0.1) is 0 Å². The van der Waals surface area contributed by atoms with Gasteiger partial charge in [-0.25, -0.2) is 15.0 Å². The summed E-state index contributed by atoms with van der Waals surface area (Å²) in [5, 5.41) is 11.8. The highest BCUT2D eigenvalue weighted by atomic mass is 127. The van der Waals surface area contributed by atoms with Crippen LogP contribution in [0.1, 0.15) is 36.6 Å². The zero-order valence-corrected chi connectivity index (χ0v) is 30.6. The van der Waals surface area contributed by atoms with Gasteiger partial charge < -0.3 is 29.6 Å². The van der Waals surface area contributed by atoms with Gasteiger partial charge in [-0.1, -0.05) is 42.5 Å². The summed E-state index contributed by atoms with van der Waals surface area (Å²) in [6, 6.07) is 22.0. The lowest BCUT2D eigenvalue weighted by Crippen LogP contribution is -2.45. The number of esters is 1. The molecule has 248 valence electrons. The van der Waals surface area contributed by atoms with Gasteiger partial charge in [0.15, 0.2) is 18.1 Å². The first-order chi connectivity index (χ1) is 23.2. The summed E-state index contributed by atoms with van der Waals surface area (Å²) in [6.45, 7) is 3.63. The van der Waals surface area contributed by atoms with Gasteiger partial charge in [0.05, 0.1) is 38.7 Å². The quantitative estimate of drug-likeness (QED) is 0.0653. The third-order valence-electron chi connectivity index (χ3n) is 7.26. The molecule has 0 spiro atoms. The van der Waals surface area contributed by atoms with Crippen molar-refractivity contribution in [3.63, 3.8) is 0 Å². The van der Waals surface area contributed by atoms with Gasteiger partial charge in [-0.05, 0) is 117 Å². The van der Waals surface area contributed by atoms with Crippen LogP contribution in [0.3, 0.4) is 0 Å². The number of allylic oxidation sites excluding steroid dienone is 1. The molecule has 5 rings (SSSR count). The second-order valence-corrected chi connectivity index (χ2v) is 12.9. The molecule has 4 aromatic rings. The smallest absolute Gasteiger partial charge is 0.338 e. The molecule has 0 bridgehead atoms. The number of halogens is 2. The first-order valence-corrected chi connectivity index (χ1v) is 17.0. The van der Waals surface area contributed by atoms with Gasteiger partial charge in [0, 0.05) is 5.70 Å². The fourth-order valence-corrected chi connectivity index (χ4v) is 7.16. The Bertz CT molecular complexity index is 1910. The summed E-state index contributed by atoms with van der Waals surface area (Å²) in [7, 11) is 1.45. The third-order valence-corrected chi connectivity index (χ3v) is 8.87. The Kier molecular flexibility index (Phi) is 11.8. The van der Waals surface area contributed by atoms with Crippen LogP contribution in [0.4, 0.5) is 4.79 Å². The molecule has 48 heavy (non-hydrogen) atoms. The molecule has 11 nitrogen and oxygen atoms in total. The molecule has 0 radical (unpaired) electrons. The minimum atomic E-state index is -0.769. The average Bonchev–Trinajstić information content (AvgIpc) is 3.06. The van der Waals surface area contributed by atoms with Gasteiger partial charge in [0.1, 0.15) is 12.4 Å². The molecule has 0 aromatic heterocycles. The number of benzene rings is 4. The normalized spacial score (nSPS) is 14.4. The highest BCUT2D eigenvalue weighted by molar-refractivity contribution is 14.1. The predicted octanol–water partition coefficient (Wildman–Crippen LogP) is 6.36. The van der Waals surface area contributed by atoms with E-state index in [1.54, 1.807) is 38.3 Å². The summed E-state index contributed by atoms with van der Waals surface area (Å²) in [5.41, 5.74) is 5.58. The number of nitrogens with one attached hydrogen (secondary N) is 3. The molecule has 1 heterocycles. The van der Waals surface area contributed by atoms with Crippen LogP contribution in [-0.2, 0) is 20.9 Å². The van der Waals surface area contributed by atoms with Crippen LogP contribution < -0.4 is 30.3 Å². The summed E-state index contributed by atoms with van der Waals surface area (Å²) in [6.07, 6.45) is 1.55. The second kappa shape index (κ2) is 16.1. The highest BCUT2D eigenvalue weighted by Gasteiger charge is 2.32. The molecule has 3 N–H and O–H groups in total. The van der Waals surface area contributed by atoms with E-state index in [1.807, 2.05) is 24.3 Å². The SMILES string of the molecule is CCOC(=O)C1=C(C)NC(=O)N[C@@H]1c1ccc(OCC(=O)N/N=C\c2cc(I)c(OCc3ccc4ccccc4c3)c(I)c2)c(OC)c1. The van der Waals surface area contributed by atoms with Gasteiger partial charge in [0.2, 0.25) is 0 Å². The molecule has 0 unspecified atom stereocenters. The third kappa shape index (κ3) is 8.55. The van der Waals surface area contributed by atoms with Crippen LogP contribution in [0, 0.1) is 7.14 Å². The maximum absolute atomic E-state index is 12.6. The highest BCUT2D eigenvalue weighted by Crippen LogP contribution is 2.35. The van der Waals surface area contributed by atoms with Crippen LogP contribution in [0.15, 0.2) is 89.2 Å². The predicted molar refractivity (Wildman–Crippen MR) is 198 cm³/mol. The van der Waals surface area contributed by atoms with Crippen LogP contribution in [0.2, 0.25) is 0 Å². The molecule has 0 fully saturated rings. The van der Waals surface area contributed by atoms with E-state index in [0.717, 1.165) is 24.0 Å². The van der Waals surface area contributed by atoms with Crippen molar-refractivity contribution in [1.82, 2.24) is 16.1 Å². The number of carbonyl (C=O) groups excluding carboxylic acids is 3. The Morgan fingerprint density at radius 1 is 0.958 bits per heavy atom. The summed E-state index contributed by atoms with van der Waals surface area (Å²) in [4.78, 5) is 37.4. The Labute approximate surface area is 304 Å². The number of nitrogens with zero attached hydrogens (tertiary/aromatic N) is 1. The number of fused-ring (bicyclic) bond motifs is 1. The minimum Gasteiger partial charge on any atom is -0.493 e. The number of amides is 3. The maximum atomic E-state index is 12.6. The fraction of sp³-hybridized carbons (Fsp3) is 0.200. The molecule has 4 aromatic carbocycles. The molecule has 13 heteroatoms.